The lowest BCUT2D eigenvalue weighted by Crippen LogP contribution is -2.24. The van der Waals surface area contributed by atoms with Crippen LogP contribution in [0.3, 0.4) is 0 Å². The minimum absolute atomic E-state index is 0.0780. The van der Waals surface area contributed by atoms with Gasteiger partial charge in [0.25, 0.3) is 0 Å². The maximum Gasteiger partial charge on any atom is 0.134 e. The smallest absolute Gasteiger partial charge is 0.134 e. The van der Waals surface area contributed by atoms with E-state index in [0.717, 1.165) is 28.5 Å². The zero-order chi connectivity index (χ0) is 16.7. The summed E-state index contributed by atoms with van der Waals surface area (Å²) < 4.78 is 21.4. The van der Waals surface area contributed by atoms with Gasteiger partial charge in [0.2, 0.25) is 0 Å². The third kappa shape index (κ3) is 2.53. The fourth-order valence-corrected chi connectivity index (χ4v) is 3.27. The minimum Gasteiger partial charge on any atom is -0.371 e. The monoisotopic (exact) mass is 326 g/mol. The van der Waals surface area contributed by atoms with Gasteiger partial charge >= 0.3 is 0 Å². The van der Waals surface area contributed by atoms with Crippen LogP contribution in [0.15, 0.2) is 36.7 Å². The van der Waals surface area contributed by atoms with E-state index in [1.54, 1.807) is 12.3 Å². The predicted octanol–water partition coefficient (Wildman–Crippen LogP) is 3.36. The molecule has 0 spiro atoms. The molecule has 2 atom stereocenters. The Labute approximate surface area is 139 Å². The van der Waals surface area contributed by atoms with Gasteiger partial charge in [-0.2, -0.15) is 5.10 Å². The average molecular weight is 326 g/mol. The number of aryl methyl sites for hydroxylation is 1. The lowest BCUT2D eigenvalue weighted by Gasteiger charge is -2.21. The number of ether oxygens (including phenoxy) is 1. The van der Waals surface area contributed by atoms with Crippen LogP contribution in [-0.2, 0) is 11.8 Å². The molecule has 1 saturated heterocycles. The van der Waals surface area contributed by atoms with Crippen molar-refractivity contribution < 1.29 is 9.13 Å². The van der Waals surface area contributed by atoms with E-state index >= 15 is 0 Å². The third-order valence-electron chi connectivity index (χ3n) is 4.72. The molecule has 5 nitrogen and oxygen atoms in total. The second kappa shape index (κ2) is 5.87. The number of fused-ring (bicyclic) bond motifs is 1. The number of halogens is 1. The highest BCUT2D eigenvalue weighted by atomic mass is 19.1. The van der Waals surface area contributed by atoms with Gasteiger partial charge in [0.1, 0.15) is 17.7 Å². The molecular weight excluding hydrogens is 307 g/mol. The van der Waals surface area contributed by atoms with Crippen molar-refractivity contribution in [1.82, 2.24) is 14.8 Å². The van der Waals surface area contributed by atoms with Crippen LogP contribution >= 0.6 is 0 Å². The van der Waals surface area contributed by atoms with Crippen LogP contribution in [-0.4, -0.2) is 27.4 Å². The summed E-state index contributed by atoms with van der Waals surface area (Å²) in [6, 6.07) is 6.71. The van der Waals surface area contributed by atoms with Crippen molar-refractivity contribution >= 4 is 16.6 Å². The van der Waals surface area contributed by atoms with Gasteiger partial charge in [0.05, 0.1) is 12.2 Å². The molecule has 3 aromatic rings. The number of nitrogens with one attached hydrogen (secondary N) is 1. The standard InChI is InChI=1S/C18H19FN4O/c1-11-15(10-21-23(11)2)17-16(6-8-24-17)22-18-14-9-13(19)4-3-12(14)5-7-20-18/h3-5,7,9-10,16-17H,6,8H2,1-2H3,(H,20,22)/t16-,17+/m0/s1. The molecule has 0 unspecified atom stereocenters. The number of benzene rings is 1. The van der Waals surface area contributed by atoms with Crippen LogP contribution in [0.25, 0.3) is 10.8 Å². The van der Waals surface area contributed by atoms with Gasteiger partial charge in [-0.25, -0.2) is 9.37 Å². The zero-order valence-corrected chi connectivity index (χ0v) is 13.7. The molecule has 1 N–H and O–H groups in total. The van der Waals surface area contributed by atoms with Crippen LogP contribution in [0, 0.1) is 12.7 Å². The minimum atomic E-state index is -0.263. The van der Waals surface area contributed by atoms with E-state index in [4.69, 9.17) is 4.74 Å². The van der Waals surface area contributed by atoms with E-state index in [0.29, 0.717) is 12.4 Å². The molecule has 1 aliphatic heterocycles. The second-order valence-electron chi connectivity index (χ2n) is 6.16. The maximum absolute atomic E-state index is 13.6. The average Bonchev–Trinajstić information content (AvgIpc) is 3.15. The Balaban J connectivity index is 1.67. The van der Waals surface area contributed by atoms with Gasteiger partial charge in [0, 0.05) is 36.5 Å². The van der Waals surface area contributed by atoms with E-state index < -0.39 is 0 Å². The summed E-state index contributed by atoms with van der Waals surface area (Å²) in [5.74, 6) is 0.426. The molecular formula is C18H19FN4O. The quantitative estimate of drug-likeness (QED) is 0.802. The highest BCUT2D eigenvalue weighted by Gasteiger charge is 2.32. The van der Waals surface area contributed by atoms with Gasteiger partial charge in [-0.3, -0.25) is 4.68 Å². The van der Waals surface area contributed by atoms with E-state index in [1.165, 1.54) is 12.1 Å². The Kier molecular flexibility index (Phi) is 3.69. The Morgan fingerprint density at radius 2 is 2.21 bits per heavy atom. The molecule has 0 amide bonds. The highest BCUT2D eigenvalue weighted by molar-refractivity contribution is 5.91. The number of anilines is 1. The molecule has 6 heteroatoms. The Morgan fingerprint density at radius 1 is 1.33 bits per heavy atom. The fourth-order valence-electron chi connectivity index (χ4n) is 3.27. The first kappa shape index (κ1) is 15.1. The van der Waals surface area contributed by atoms with E-state index in [1.807, 2.05) is 30.9 Å². The van der Waals surface area contributed by atoms with Gasteiger partial charge in [0.15, 0.2) is 0 Å². The lowest BCUT2D eigenvalue weighted by atomic mass is 10.0. The third-order valence-corrected chi connectivity index (χ3v) is 4.72. The van der Waals surface area contributed by atoms with Crippen molar-refractivity contribution in [2.45, 2.75) is 25.5 Å². The molecule has 0 radical (unpaired) electrons. The number of hydrogen-bond acceptors (Lipinski definition) is 4. The molecule has 0 aliphatic carbocycles. The second-order valence-corrected chi connectivity index (χ2v) is 6.16. The summed E-state index contributed by atoms with van der Waals surface area (Å²) in [6.45, 7) is 2.71. The summed E-state index contributed by atoms with van der Waals surface area (Å²) in [5.41, 5.74) is 2.17. The first-order valence-electron chi connectivity index (χ1n) is 8.04. The summed E-state index contributed by atoms with van der Waals surface area (Å²) in [5, 5.41) is 9.51. The van der Waals surface area contributed by atoms with Crippen LogP contribution in [0.4, 0.5) is 10.2 Å². The highest BCUT2D eigenvalue weighted by Crippen LogP contribution is 2.34. The van der Waals surface area contributed by atoms with Crippen molar-refractivity contribution in [3.63, 3.8) is 0 Å². The molecule has 124 valence electrons. The molecule has 2 aromatic heterocycles. The van der Waals surface area contributed by atoms with Crippen LogP contribution < -0.4 is 5.32 Å². The van der Waals surface area contributed by atoms with Gasteiger partial charge in [-0.1, -0.05) is 6.07 Å². The number of rotatable bonds is 3. The van der Waals surface area contributed by atoms with Crippen LogP contribution in [0.2, 0.25) is 0 Å². The molecule has 3 heterocycles. The number of pyridine rings is 1. The molecule has 0 bridgehead atoms. The summed E-state index contributed by atoms with van der Waals surface area (Å²) in [6.07, 6.45) is 4.38. The first-order valence-corrected chi connectivity index (χ1v) is 8.04. The van der Waals surface area contributed by atoms with Crippen LogP contribution in [0.5, 0.6) is 0 Å². The molecule has 1 aliphatic rings. The Morgan fingerprint density at radius 3 is 3.00 bits per heavy atom. The Hall–Kier alpha value is -2.47. The number of nitrogens with zero attached hydrogens (tertiary/aromatic N) is 3. The Bertz CT molecular complexity index is 892. The normalized spacial score (nSPS) is 20.6. The molecule has 4 rings (SSSR count). The molecule has 0 saturated carbocycles. The van der Waals surface area contributed by atoms with E-state index in [9.17, 15) is 4.39 Å². The summed E-state index contributed by atoms with van der Waals surface area (Å²) >= 11 is 0. The maximum atomic E-state index is 13.6. The van der Waals surface area contributed by atoms with Crippen molar-refractivity contribution in [3.05, 3.63) is 53.7 Å². The fraction of sp³-hybridized carbons (Fsp3) is 0.333. The molecule has 1 fully saturated rings. The predicted molar refractivity (Wildman–Crippen MR) is 90.4 cm³/mol. The summed E-state index contributed by atoms with van der Waals surface area (Å²) in [7, 11) is 1.92. The van der Waals surface area contributed by atoms with Crippen molar-refractivity contribution in [2.24, 2.45) is 7.05 Å². The van der Waals surface area contributed by atoms with Crippen molar-refractivity contribution in [3.8, 4) is 0 Å². The molecule has 24 heavy (non-hydrogen) atoms. The van der Waals surface area contributed by atoms with Crippen molar-refractivity contribution in [2.75, 3.05) is 11.9 Å². The topological polar surface area (TPSA) is 52.0 Å². The largest absolute Gasteiger partial charge is 0.371 e. The SMILES string of the molecule is Cc1c([C@H]2OCC[C@@H]2Nc2nccc3ccc(F)cc23)cnn1C. The first-order chi connectivity index (χ1) is 11.6. The number of aromatic nitrogens is 3. The van der Waals surface area contributed by atoms with E-state index in [2.05, 4.69) is 15.4 Å². The van der Waals surface area contributed by atoms with Crippen molar-refractivity contribution in [1.29, 1.82) is 0 Å². The zero-order valence-electron chi connectivity index (χ0n) is 13.7. The summed E-state index contributed by atoms with van der Waals surface area (Å²) in [4.78, 5) is 4.41. The lowest BCUT2D eigenvalue weighted by molar-refractivity contribution is 0.107. The van der Waals surface area contributed by atoms with Crippen LogP contribution in [0.1, 0.15) is 23.8 Å². The number of hydrogen-bond donors (Lipinski definition) is 1. The van der Waals surface area contributed by atoms with Gasteiger partial charge in [-0.15, -0.1) is 0 Å². The van der Waals surface area contributed by atoms with Gasteiger partial charge in [-0.05, 0) is 36.9 Å². The molecule has 1 aromatic carbocycles. The van der Waals surface area contributed by atoms with E-state index in [-0.39, 0.29) is 18.0 Å². The van der Waals surface area contributed by atoms with Gasteiger partial charge < -0.3 is 10.1 Å².